The second kappa shape index (κ2) is 14.9. The fraction of sp³-hybridized carbons (Fsp3) is 0.436. The average molecular weight is 587 g/mol. The minimum Gasteiger partial charge on any atom is -0.490 e. The van der Waals surface area contributed by atoms with E-state index in [9.17, 15) is 8.78 Å². The van der Waals surface area contributed by atoms with Gasteiger partial charge in [0.15, 0.2) is 11.6 Å². The van der Waals surface area contributed by atoms with Crippen molar-refractivity contribution in [2.24, 2.45) is 17.8 Å². The average Bonchev–Trinajstić information content (AvgIpc) is 3.04. The number of unbranched alkanes of at least 4 members (excludes halogenated alkanes) is 3. The molecule has 3 aromatic carbocycles. The molecule has 0 radical (unpaired) electrons. The third-order valence-corrected chi connectivity index (χ3v) is 9.55. The maximum absolute atomic E-state index is 15.4. The van der Waals surface area contributed by atoms with Crippen molar-refractivity contribution in [1.82, 2.24) is 0 Å². The molecule has 1 atom stereocenters. The number of rotatable bonds is 11. The van der Waals surface area contributed by atoms with Crippen molar-refractivity contribution >= 4 is 5.57 Å². The lowest BCUT2D eigenvalue weighted by atomic mass is 9.71. The minimum absolute atomic E-state index is 0.0627. The number of ether oxygens (including phenoxy) is 1. The summed E-state index contributed by atoms with van der Waals surface area (Å²) in [6, 6.07) is 15.5. The van der Waals surface area contributed by atoms with Gasteiger partial charge in [0.2, 0.25) is 5.82 Å². The molecule has 0 heterocycles. The van der Waals surface area contributed by atoms with Gasteiger partial charge >= 0.3 is 0 Å². The molecule has 3 aromatic rings. The number of halogens is 3. The van der Waals surface area contributed by atoms with E-state index < -0.39 is 11.6 Å². The monoisotopic (exact) mass is 586 g/mol. The third-order valence-electron chi connectivity index (χ3n) is 9.55. The number of hydrogen-bond donors (Lipinski definition) is 0. The normalized spacial score (nSPS) is 20.8. The molecule has 0 aromatic heterocycles. The first-order valence-corrected chi connectivity index (χ1v) is 16.3. The summed E-state index contributed by atoms with van der Waals surface area (Å²) in [6.45, 7) is 4.60. The molecule has 1 nitrogen and oxygen atoms in total. The molecule has 0 amide bonds. The smallest absolute Gasteiger partial charge is 0.201 e. The zero-order valence-electron chi connectivity index (χ0n) is 25.7. The summed E-state index contributed by atoms with van der Waals surface area (Å²) >= 11 is 0. The van der Waals surface area contributed by atoms with E-state index in [1.807, 2.05) is 12.1 Å². The van der Waals surface area contributed by atoms with Crippen molar-refractivity contribution in [1.29, 1.82) is 0 Å². The van der Waals surface area contributed by atoms with Crippen molar-refractivity contribution in [3.63, 3.8) is 0 Å². The predicted molar refractivity (Wildman–Crippen MR) is 172 cm³/mol. The number of allylic oxidation sites excluding steroid dienone is 4. The van der Waals surface area contributed by atoms with Crippen LogP contribution in [0.25, 0.3) is 27.8 Å². The van der Waals surface area contributed by atoms with Crippen LogP contribution in [0, 0.1) is 35.2 Å². The van der Waals surface area contributed by atoms with Gasteiger partial charge in [-0.3, -0.25) is 0 Å². The molecule has 4 heteroatoms. The van der Waals surface area contributed by atoms with Crippen molar-refractivity contribution in [3.8, 4) is 28.0 Å². The number of benzene rings is 3. The van der Waals surface area contributed by atoms with E-state index >= 15 is 4.39 Å². The van der Waals surface area contributed by atoms with Crippen LogP contribution in [-0.2, 0) is 0 Å². The first-order valence-electron chi connectivity index (χ1n) is 16.3. The fourth-order valence-corrected chi connectivity index (χ4v) is 6.98. The van der Waals surface area contributed by atoms with Crippen LogP contribution in [0.2, 0.25) is 0 Å². The summed E-state index contributed by atoms with van der Waals surface area (Å²) in [5.41, 5.74) is 4.09. The van der Waals surface area contributed by atoms with E-state index in [2.05, 4.69) is 32.1 Å². The summed E-state index contributed by atoms with van der Waals surface area (Å²) < 4.78 is 50.5. The van der Waals surface area contributed by atoms with Crippen LogP contribution in [0.5, 0.6) is 5.75 Å². The van der Waals surface area contributed by atoms with Crippen molar-refractivity contribution < 1.29 is 17.9 Å². The van der Waals surface area contributed by atoms with Gasteiger partial charge in [-0.05, 0) is 117 Å². The van der Waals surface area contributed by atoms with Gasteiger partial charge in [0.1, 0.15) is 5.82 Å². The van der Waals surface area contributed by atoms with Gasteiger partial charge in [0, 0.05) is 11.1 Å². The molecule has 0 spiro atoms. The highest BCUT2D eigenvalue weighted by atomic mass is 19.2. The maximum Gasteiger partial charge on any atom is 0.201 e. The van der Waals surface area contributed by atoms with Crippen LogP contribution < -0.4 is 4.74 Å². The van der Waals surface area contributed by atoms with E-state index in [0.717, 1.165) is 61.8 Å². The second-order valence-electron chi connectivity index (χ2n) is 12.4. The van der Waals surface area contributed by atoms with Crippen LogP contribution >= 0.6 is 0 Å². The van der Waals surface area contributed by atoms with Crippen LogP contribution in [0.4, 0.5) is 13.2 Å². The van der Waals surface area contributed by atoms with Gasteiger partial charge in [-0.2, -0.15) is 4.39 Å². The Morgan fingerprint density at radius 2 is 1.44 bits per heavy atom. The standard InChI is InChI=1S/C39H45F3O/c1-3-5-6-7-25-43-37-24-23-35(38(41)39(37)42)32-19-17-31(18-20-32)34-22-21-33(26-36(34)40)30-15-13-29(14-16-30)28-11-9-27(8-4-2)10-12-28/h4,8,15,17-24,26-29H,3,5-7,9-14,16,25H2,1-2H3/b8-4+. The first-order chi connectivity index (χ1) is 21.0. The molecule has 1 unspecified atom stereocenters. The highest BCUT2D eigenvalue weighted by Gasteiger charge is 2.28. The molecular formula is C39H45F3O. The highest BCUT2D eigenvalue weighted by Crippen LogP contribution is 2.42. The Kier molecular flexibility index (Phi) is 10.8. The highest BCUT2D eigenvalue weighted by molar-refractivity contribution is 5.74. The summed E-state index contributed by atoms with van der Waals surface area (Å²) in [5.74, 6) is 0.0840. The molecule has 228 valence electrons. The lowest BCUT2D eigenvalue weighted by molar-refractivity contribution is 0.212. The van der Waals surface area contributed by atoms with Gasteiger partial charge in [0.05, 0.1) is 6.61 Å². The van der Waals surface area contributed by atoms with Crippen molar-refractivity contribution in [3.05, 3.63) is 95.8 Å². The number of hydrogen-bond acceptors (Lipinski definition) is 1. The van der Waals surface area contributed by atoms with Gasteiger partial charge in [-0.15, -0.1) is 0 Å². The zero-order valence-corrected chi connectivity index (χ0v) is 25.7. The van der Waals surface area contributed by atoms with Crippen molar-refractivity contribution in [2.45, 2.75) is 84.5 Å². The molecule has 0 aliphatic heterocycles. The largest absolute Gasteiger partial charge is 0.490 e. The predicted octanol–water partition coefficient (Wildman–Crippen LogP) is 12.0. The lowest BCUT2D eigenvalue weighted by Crippen LogP contribution is -2.22. The van der Waals surface area contributed by atoms with Crippen molar-refractivity contribution in [2.75, 3.05) is 6.61 Å². The molecule has 0 bridgehead atoms. The summed E-state index contributed by atoms with van der Waals surface area (Å²) in [7, 11) is 0. The van der Waals surface area contributed by atoms with Crippen LogP contribution in [0.15, 0.2) is 72.8 Å². The van der Waals surface area contributed by atoms with E-state index in [1.54, 1.807) is 36.4 Å². The third kappa shape index (κ3) is 7.63. The van der Waals surface area contributed by atoms with Gasteiger partial charge in [-0.1, -0.05) is 80.8 Å². The van der Waals surface area contributed by atoms with Gasteiger partial charge in [-0.25, -0.2) is 8.78 Å². The first kappa shape index (κ1) is 31.2. The summed E-state index contributed by atoms with van der Waals surface area (Å²) in [5, 5.41) is 0. The Bertz CT molecular complexity index is 1410. The molecule has 43 heavy (non-hydrogen) atoms. The summed E-state index contributed by atoms with van der Waals surface area (Å²) in [4.78, 5) is 0. The molecule has 0 N–H and O–H groups in total. The Morgan fingerprint density at radius 1 is 0.744 bits per heavy atom. The fourth-order valence-electron chi connectivity index (χ4n) is 6.98. The maximum atomic E-state index is 15.4. The van der Waals surface area contributed by atoms with E-state index in [-0.39, 0.29) is 17.1 Å². The second-order valence-corrected chi connectivity index (χ2v) is 12.4. The molecule has 5 rings (SSSR count). The SMILES string of the molecule is C/C=C/C1CCC(C2CC=C(c3ccc(-c4ccc(-c5ccc(OCCCCCC)c(F)c5F)cc4)c(F)c3)CC2)CC1. The minimum atomic E-state index is -0.973. The topological polar surface area (TPSA) is 9.23 Å². The molecular weight excluding hydrogens is 541 g/mol. The van der Waals surface area contributed by atoms with E-state index in [1.165, 1.54) is 43.7 Å². The van der Waals surface area contributed by atoms with E-state index in [0.29, 0.717) is 23.3 Å². The molecule has 1 fully saturated rings. The Hall–Kier alpha value is -3.27. The zero-order chi connectivity index (χ0) is 30.2. The van der Waals surface area contributed by atoms with Crippen LogP contribution in [-0.4, -0.2) is 6.61 Å². The van der Waals surface area contributed by atoms with Gasteiger partial charge in [0.25, 0.3) is 0 Å². The van der Waals surface area contributed by atoms with Gasteiger partial charge < -0.3 is 4.74 Å². The molecule has 2 aliphatic rings. The van der Waals surface area contributed by atoms with Crippen LogP contribution in [0.1, 0.15) is 90.0 Å². The van der Waals surface area contributed by atoms with E-state index in [4.69, 9.17) is 4.74 Å². The Balaban J connectivity index is 1.21. The summed E-state index contributed by atoms with van der Waals surface area (Å²) in [6.07, 6.45) is 19.4. The van der Waals surface area contributed by atoms with Crippen LogP contribution in [0.3, 0.4) is 0 Å². The molecule has 2 aliphatic carbocycles. The molecule has 1 saturated carbocycles. The lowest BCUT2D eigenvalue weighted by Gasteiger charge is -2.34. The molecule has 0 saturated heterocycles. The quantitative estimate of drug-likeness (QED) is 0.160. The Morgan fingerprint density at radius 3 is 2.09 bits per heavy atom. The Labute approximate surface area is 255 Å².